The van der Waals surface area contributed by atoms with Crippen molar-refractivity contribution in [2.24, 2.45) is 5.73 Å². The van der Waals surface area contributed by atoms with Crippen LogP contribution in [0, 0.1) is 0 Å². The van der Waals surface area contributed by atoms with Gasteiger partial charge in [0.25, 0.3) is 0 Å². The molecule has 1 unspecified atom stereocenters. The maximum absolute atomic E-state index is 9.36. The molecule has 3 nitrogen and oxygen atoms in total. The average Bonchev–Trinajstić information content (AvgIpc) is 2.16. The second-order valence-electron chi connectivity index (χ2n) is 3.15. The predicted molar refractivity (Wildman–Crippen MR) is 56.6 cm³/mol. The highest BCUT2D eigenvalue weighted by Gasteiger charge is 2.16. The predicted octanol–water partition coefficient (Wildman–Crippen LogP) is 1.73. The first kappa shape index (κ1) is 11.3. The van der Waals surface area contributed by atoms with E-state index in [0.717, 1.165) is 5.56 Å². The minimum absolute atomic E-state index is 0.483. The zero-order valence-electron chi connectivity index (χ0n) is 8.20. The van der Waals surface area contributed by atoms with E-state index in [1.165, 1.54) is 0 Å². The van der Waals surface area contributed by atoms with Gasteiger partial charge in [-0.15, -0.1) is 0 Å². The number of benzene rings is 1. The van der Waals surface area contributed by atoms with Crippen LogP contribution in [-0.2, 0) is 0 Å². The van der Waals surface area contributed by atoms with Crippen molar-refractivity contribution < 1.29 is 9.84 Å². The minimum Gasteiger partial charge on any atom is -0.496 e. The highest BCUT2D eigenvalue weighted by atomic mass is 35.5. The molecular weight excluding hydrogens is 202 g/mol. The normalized spacial score (nSPS) is 14.9. The van der Waals surface area contributed by atoms with E-state index in [1.807, 2.05) is 0 Å². The summed E-state index contributed by atoms with van der Waals surface area (Å²) >= 11 is 5.83. The molecule has 4 heteroatoms. The second kappa shape index (κ2) is 4.64. The Balaban J connectivity index is 3.10. The third-order valence-electron chi connectivity index (χ3n) is 2.07. The standard InChI is InChI=1S/C10H14ClNO2/c1-6(13)10(12)8-5-7(11)3-4-9(8)14-2/h3-6,10,13H,12H2,1-2H3/t6?,10-/m1/s1. The Labute approximate surface area is 88.4 Å². The molecular formula is C10H14ClNO2. The molecule has 0 aliphatic rings. The number of methoxy groups -OCH3 is 1. The maximum Gasteiger partial charge on any atom is 0.123 e. The van der Waals surface area contributed by atoms with Crippen molar-refractivity contribution in [1.82, 2.24) is 0 Å². The van der Waals surface area contributed by atoms with E-state index in [2.05, 4.69) is 0 Å². The first-order valence-electron chi connectivity index (χ1n) is 4.33. The lowest BCUT2D eigenvalue weighted by Gasteiger charge is -2.18. The Morgan fingerprint density at radius 3 is 2.64 bits per heavy atom. The van der Waals surface area contributed by atoms with E-state index in [1.54, 1.807) is 32.2 Å². The van der Waals surface area contributed by atoms with E-state index < -0.39 is 12.1 Å². The van der Waals surface area contributed by atoms with Crippen LogP contribution in [-0.4, -0.2) is 18.3 Å². The molecule has 0 fully saturated rings. The molecule has 0 saturated heterocycles. The van der Waals surface area contributed by atoms with Crippen LogP contribution in [0.1, 0.15) is 18.5 Å². The Bertz CT molecular complexity index is 315. The molecule has 14 heavy (non-hydrogen) atoms. The topological polar surface area (TPSA) is 55.5 Å². The number of halogens is 1. The van der Waals surface area contributed by atoms with Crippen molar-refractivity contribution in [3.8, 4) is 5.75 Å². The van der Waals surface area contributed by atoms with Gasteiger partial charge in [-0.1, -0.05) is 11.6 Å². The molecule has 3 N–H and O–H groups in total. The fourth-order valence-electron chi connectivity index (χ4n) is 1.23. The first-order chi connectivity index (χ1) is 6.56. The molecule has 1 aromatic carbocycles. The van der Waals surface area contributed by atoms with E-state index in [-0.39, 0.29) is 0 Å². The molecule has 0 aliphatic heterocycles. The summed E-state index contributed by atoms with van der Waals surface area (Å²) in [7, 11) is 1.56. The number of aliphatic hydroxyl groups is 1. The van der Waals surface area contributed by atoms with Crippen molar-refractivity contribution >= 4 is 11.6 Å². The molecule has 1 aromatic rings. The van der Waals surface area contributed by atoms with Crippen molar-refractivity contribution in [2.75, 3.05) is 7.11 Å². The van der Waals surface area contributed by atoms with Crippen molar-refractivity contribution in [1.29, 1.82) is 0 Å². The zero-order valence-corrected chi connectivity index (χ0v) is 8.95. The number of ether oxygens (including phenoxy) is 1. The number of hydrogen-bond acceptors (Lipinski definition) is 3. The van der Waals surface area contributed by atoms with Crippen LogP contribution in [0.5, 0.6) is 5.75 Å². The van der Waals surface area contributed by atoms with Crippen LogP contribution < -0.4 is 10.5 Å². The van der Waals surface area contributed by atoms with Gasteiger partial charge < -0.3 is 15.6 Å². The highest BCUT2D eigenvalue weighted by Crippen LogP contribution is 2.28. The molecule has 0 aromatic heterocycles. The number of aliphatic hydroxyl groups excluding tert-OH is 1. The summed E-state index contributed by atoms with van der Waals surface area (Å²) in [4.78, 5) is 0. The molecule has 0 aliphatic carbocycles. The van der Waals surface area contributed by atoms with Gasteiger partial charge in [0.05, 0.1) is 19.3 Å². The van der Waals surface area contributed by atoms with E-state index in [4.69, 9.17) is 22.1 Å². The van der Waals surface area contributed by atoms with Gasteiger partial charge in [-0.2, -0.15) is 0 Å². The van der Waals surface area contributed by atoms with Gasteiger partial charge >= 0.3 is 0 Å². The summed E-state index contributed by atoms with van der Waals surface area (Å²) in [6.45, 7) is 1.63. The van der Waals surface area contributed by atoms with Crippen LogP contribution in [0.4, 0.5) is 0 Å². The lowest BCUT2D eigenvalue weighted by molar-refractivity contribution is 0.162. The molecule has 2 atom stereocenters. The molecule has 78 valence electrons. The summed E-state index contributed by atoms with van der Waals surface area (Å²) in [5, 5.41) is 9.94. The van der Waals surface area contributed by atoms with Gasteiger partial charge in [0.1, 0.15) is 5.75 Å². The SMILES string of the molecule is COc1ccc(Cl)cc1[C@H](N)C(C)O. The molecule has 0 heterocycles. The lowest BCUT2D eigenvalue weighted by Crippen LogP contribution is -2.23. The summed E-state index contributed by atoms with van der Waals surface area (Å²) in [6, 6.07) is 4.68. The van der Waals surface area contributed by atoms with Crippen LogP contribution in [0.2, 0.25) is 5.02 Å². The Kier molecular flexibility index (Phi) is 3.75. The van der Waals surface area contributed by atoms with Gasteiger partial charge in [0, 0.05) is 10.6 Å². The van der Waals surface area contributed by atoms with E-state index in [0.29, 0.717) is 10.8 Å². The van der Waals surface area contributed by atoms with Crippen molar-refractivity contribution in [3.05, 3.63) is 28.8 Å². The summed E-state index contributed by atoms with van der Waals surface area (Å²) in [5.74, 6) is 0.641. The smallest absolute Gasteiger partial charge is 0.123 e. The Hall–Kier alpha value is -0.770. The largest absolute Gasteiger partial charge is 0.496 e. The van der Waals surface area contributed by atoms with E-state index >= 15 is 0 Å². The van der Waals surface area contributed by atoms with Gasteiger partial charge in [0.2, 0.25) is 0 Å². The van der Waals surface area contributed by atoms with E-state index in [9.17, 15) is 5.11 Å². The van der Waals surface area contributed by atoms with Gasteiger partial charge in [-0.3, -0.25) is 0 Å². The molecule has 0 bridgehead atoms. The van der Waals surface area contributed by atoms with Gasteiger partial charge in [-0.25, -0.2) is 0 Å². The number of rotatable bonds is 3. The van der Waals surface area contributed by atoms with Crippen LogP contribution >= 0.6 is 11.6 Å². The third-order valence-corrected chi connectivity index (χ3v) is 2.31. The monoisotopic (exact) mass is 215 g/mol. The zero-order chi connectivity index (χ0) is 10.7. The minimum atomic E-state index is -0.637. The van der Waals surface area contributed by atoms with Crippen molar-refractivity contribution in [3.63, 3.8) is 0 Å². The van der Waals surface area contributed by atoms with Crippen LogP contribution in [0.25, 0.3) is 0 Å². The summed E-state index contributed by atoms with van der Waals surface area (Å²) < 4.78 is 5.12. The van der Waals surface area contributed by atoms with Gasteiger partial charge in [-0.05, 0) is 25.1 Å². The van der Waals surface area contributed by atoms with Crippen LogP contribution in [0.15, 0.2) is 18.2 Å². The maximum atomic E-state index is 9.36. The Morgan fingerprint density at radius 2 is 2.14 bits per heavy atom. The van der Waals surface area contributed by atoms with Crippen molar-refractivity contribution in [2.45, 2.75) is 19.1 Å². The number of hydrogen-bond donors (Lipinski definition) is 2. The molecule has 0 spiro atoms. The summed E-state index contributed by atoms with van der Waals surface area (Å²) in [5.41, 5.74) is 6.51. The first-order valence-corrected chi connectivity index (χ1v) is 4.71. The Morgan fingerprint density at radius 1 is 1.50 bits per heavy atom. The fraction of sp³-hybridized carbons (Fsp3) is 0.400. The summed E-state index contributed by atoms with van der Waals surface area (Å²) in [6.07, 6.45) is -0.637. The molecule has 0 radical (unpaired) electrons. The highest BCUT2D eigenvalue weighted by molar-refractivity contribution is 6.30. The number of nitrogens with two attached hydrogens (primary N) is 1. The van der Waals surface area contributed by atoms with Gasteiger partial charge in [0.15, 0.2) is 0 Å². The fourth-order valence-corrected chi connectivity index (χ4v) is 1.41. The molecule has 0 saturated carbocycles. The van der Waals surface area contributed by atoms with Crippen LogP contribution in [0.3, 0.4) is 0 Å². The third kappa shape index (κ3) is 2.38. The second-order valence-corrected chi connectivity index (χ2v) is 3.59. The molecule has 0 amide bonds. The quantitative estimate of drug-likeness (QED) is 0.808. The average molecular weight is 216 g/mol. The molecule has 1 rings (SSSR count). The lowest BCUT2D eigenvalue weighted by atomic mass is 10.0.